The van der Waals surface area contributed by atoms with Gasteiger partial charge in [0.15, 0.2) is 0 Å². The number of benzene rings is 7. The van der Waals surface area contributed by atoms with Crippen LogP contribution in [0.2, 0.25) is 0 Å². The Balaban J connectivity index is 1.36. The van der Waals surface area contributed by atoms with Gasteiger partial charge in [-0.1, -0.05) is 123 Å². The highest BCUT2D eigenvalue weighted by Crippen LogP contribution is 2.52. The summed E-state index contributed by atoms with van der Waals surface area (Å²) in [6.45, 7) is 4.74. The first-order chi connectivity index (χ1) is 20.6. The van der Waals surface area contributed by atoms with E-state index in [1.165, 1.54) is 82.4 Å². The molecule has 0 fully saturated rings. The summed E-state index contributed by atoms with van der Waals surface area (Å²) in [5.74, 6) is 0. The van der Waals surface area contributed by atoms with Crippen molar-refractivity contribution in [3.8, 4) is 27.9 Å². The Bertz CT molecular complexity index is 2370. The Morgan fingerprint density at radius 3 is 2.07 bits per heavy atom. The average Bonchev–Trinajstić information content (AvgIpc) is 3.37. The molecule has 1 aliphatic rings. The molecule has 1 heteroatoms. The van der Waals surface area contributed by atoms with E-state index in [9.17, 15) is 0 Å². The van der Waals surface area contributed by atoms with E-state index in [1.807, 2.05) is 0 Å². The number of fused-ring (bicyclic) bond motifs is 7. The standard InChI is InChI=1S/C41H29N/c1-41(2)35-15-7-5-14-33(35)39-38-30(12-9-16-36(38)41)25-34-32-13-6-8-17-37(32)42(40(34)39)31-22-20-27(21-23-31)29-19-18-26-10-3-4-11-28(26)24-29/h3-25H,1-2H3. The van der Waals surface area contributed by atoms with Gasteiger partial charge in [-0.15, -0.1) is 0 Å². The molecule has 198 valence electrons. The van der Waals surface area contributed by atoms with Crippen LogP contribution in [0.4, 0.5) is 0 Å². The molecule has 0 saturated heterocycles. The Morgan fingerprint density at radius 1 is 0.500 bits per heavy atom. The van der Waals surface area contributed by atoms with Gasteiger partial charge < -0.3 is 4.57 Å². The van der Waals surface area contributed by atoms with Crippen LogP contribution in [0, 0.1) is 0 Å². The van der Waals surface area contributed by atoms with Gasteiger partial charge in [-0.2, -0.15) is 0 Å². The van der Waals surface area contributed by atoms with Crippen molar-refractivity contribution in [2.45, 2.75) is 19.3 Å². The number of para-hydroxylation sites is 1. The van der Waals surface area contributed by atoms with Crippen LogP contribution >= 0.6 is 0 Å². The van der Waals surface area contributed by atoms with Crippen molar-refractivity contribution < 1.29 is 0 Å². The summed E-state index contributed by atoms with van der Waals surface area (Å²) in [6, 6.07) is 51.6. The number of hydrogen-bond acceptors (Lipinski definition) is 0. The van der Waals surface area contributed by atoms with Gasteiger partial charge in [-0.25, -0.2) is 0 Å². The molecular weight excluding hydrogens is 506 g/mol. The second kappa shape index (κ2) is 8.44. The molecule has 9 rings (SSSR count). The monoisotopic (exact) mass is 535 g/mol. The van der Waals surface area contributed by atoms with Crippen LogP contribution < -0.4 is 0 Å². The van der Waals surface area contributed by atoms with Crippen LogP contribution in [0.5, 0.6) is 0 Å². The smallest absolute Gasteiger partial charge is 0.0626 e. The van der Waals surface area contributed by atoms with Gasteiger partial charge in [-0.05, 0) is 79.7 Å². The number of aromatic nitrogens is 1. The summed E-state index contributed by atoms with van der Waals surface area (Å²) in [5.41, 5.74) is 11.6. The fraction of sp³-hybridized carbons (Fsp3) is 0.0732. The third-order valence-corrected chi connectivity index (χ3v) is 9.55. The van der Waals surface area contributed by atoms with Gasteiger partial charge in [0.25, 0.3) is 0 Å². The van der Waals surface area contributed by atoms with Gasteiger partial charge in [0, 0.05) is 27.4 Å². The summed E-state index contributed by atoms with van der Waals surface area (Å²) >= 11 is 0. The lowest BCUT2D eigenvalue weighted by Crippen LogP contribution is -2.23. The molecule has 0 aliphatic heterocycles. The third-order valence-electron chi connectivity index (χ3n) is 9.55. The molecule has 0 atom stereocenters. The molecule has 0 saturated carbocycles. The van der Waals surface area contributed by atoms with Crippen molar-refractivity contribution in [1.82, 2.24) is 4.57 Å². The lowest BCUT2D eigenvalue weighted by atomic mass is 9.68. The fourth-order valence-corrected chi connectivity index (χ4v) is 7.52. The van der Waals surface area contributed by atoms with Crippen molar-refractivity contribution in [3.63, 3.8) is 0 Å². The summed E-state index contributed by atoms with van der Waals surface area (Å²) in [7, 11) is 0. The van der Waals surface area contributed by atoms with E-state index in [4.69, 9.17) is 0 Å². The van der Waals surface area contributed by atoms with Gasteiger partial charge in [0.2, 0.25) is 0 Å². The van der Waals surface area contributed by atoms with E-state index in [0.717, 1.165) is 0 Å². The summed E-state index contributed by atoms with van der Waals surface area (Å²) in [5, 5.41) is 7.82. The van der Waals surface area contributed by atoms with Crippen LogP contribution in [-0.2, 0) is 5.41 Å². The minimum atomic E-state index is -0.0743. The Morgan fingerprint density at radius 2 is 1.19 bits per heavy atom. The Labute approximate surface area is 245 Å². The van der Waals surface area contributed by atoms with Crippen LogP contribution in [0.1, 0.15) is 25.0 Å². The van der Waals surface area contributed by atoms with E-state index >= 15 is 0 Å². The molecule has 1 nitrogen and oxygen atoms in total. The fourth-order valence-electron chi connectivity index (χ4n) is 7.52. The zero-order valence-corrected chi connectivity index (χ0v) is 23.7. The van der Waals surface area contributed by atoms with E-state index in [1.54, 1.807) is 0 Å². The summed E-state index contributed by atoms with van der Waals surface area (Å²) in [4.78, 5) is 0. The average molecular weight is 536 g/mol. The molecule has 0 amide bonds. The van der Waals surface area contributed by atoms with E-state index in [2.05, 4.69) is 158 Å². The van der Waals surface area contributed by atoms with E-state index in [0.29, 0.717) is 0 Å². The first-order valence-corrected chi connectivity index (χ1v) is 14.8. The minimum Gasteiger partial charge on any atom is -0.309 e. The zero-order valence-electron chi connectivity index (χ0n) is 23.7. The second-order valence-electron chi connectivity index (χ2n) is 12.2. The first-order valence-electron chi connectivity index (χ1n) is 14.8. The number of hydrogen-bond donors (Lipinski definition) is 0. The maximum Gasteiger partial charge on any atom is 0.0626 e. The van der Waals surface area contributed by atoms with Crippen molar-refractivity contribution in [1.29, 1.82) is 0 Å². The quantitative estimate of drug-likeness (QED) is 0.207. The first kappa shape index (κ1) is 23.6. The maximum absolute atomic E-state index is 2.50. The molecule has 0 spiro atoms. The highest BCUT2D eigenvalue weighted by atomic mass is 15.0. The number of rotatable bonds is 2. The summed E-state index contributed by atoms with van der Waals surface area (Å²) in [6.07, 6.45) is 0. The number of nitrogens with zero attached hydrogens (tertiary/aromatic N) is 1. The van der Waals surface area contributed by atoms with Crippen LogP contribution in [0.25, 0.3) is 71.3 Å². The maximum atomic E-state index is 2.50. The molecule has 0 unspecified atom stereocenters. The molecule has 1 heterocycles. The lowest BCUT2D eigenvalue weighted by Gasteiger charge is -2.35. The second-order valence-corrected chi connectivity index (χ2v) is 12.2. The van der Waals surface area contributed by atoms with Crippen molar-refractivity contribution >= 4 is 43.4 Å². The topological polar surface area (TPSA) is 4.93 Å². The molecule has 1 aromatic heterocycles. The van der Waals surface area contributed by atoms with E-state index < -0.39 is 0 Å². The molecule has 0 N–H and O–H groups in total. The predicted octanol–water partition coefficient (Wildman–Crippen LogP) is 11.1. The summed E-state index contributed by atoms with van der Waals surface area (Å²) < 4.78 is 2.50. The SMILES string of the molecule is CC1(C)c2ccccc2-c2c3c1cccc3cc1c3ccccc3n(-c3ccc(-c4ccc5ccccc5c4)cc3)c21. The van der Waals surface area contributed by atoms with Gasteiger partial charge in [-0.3, -0.25) is 0 Å². The predicted molar refractivity (Wildman–Crippen MR) is 179 cm³/mol. The molecule has 0 radical (unpaired) electrons. The van der Waals surface area contributed by atoms with Crippen LogP contribution in [-0.4, -0.2) is 4.57 Å². The zero-order chi connectivity index (χ0) is 28.0. The highest BCUT2D eigenvalue weighted by molar-refractivity contribution is 6.23. The van der Waals surface area contributed by atoms with E-state index in [-0.39, 0.29) is 5.41 Å². The Kier molecular flexibility index (Phi) is 4.73. The molecular formula is C41H29N. The third kappa shape index (κ3) is 3.14. The van der Waals surface area contributed by atoms with Gasteiger partial charge in [0.1, 0.15) is 0 Å². The van der Waals surface area contributed by atoms with Crippen LogP contribution in [0.3, 0.4) is 0 Å². The molecule has 7 aromatic carbocycles. The lowest BCUT2D eigenvalue weighted by molar-refractivity contribution is 0.645. The van der Waals surface area contributed by atoms with Gasteiger partial charge >= 0.3 is 0 Å². The normalized spacial score (nSPS) is 13.7. The van der Waals surface area contributed by atoms with Crippen molar-refractivity contribution in [3.05, 3.63) is 151 Å². The molecule has 1 aliphatic carbocycles. The minimum absolute atomic E-state index is 0.0743. The van der Waals surface area contributed by atoms with Crippen LogP contribution in [0.15, 0.2) is 140 Å². The molecule has 0 bridgehead atoms. The Hall–Kier alpha value is -5.14. The van der Waals surface area contributed by atoms with Crippen molar-refractivity contribution in [2.24, 2.45) is 0 Å². The molecule has 42 heavy (non-hydrogen) atoms. The largest absolute Gasteiger partial charge is 0.309 e. The molecule has 8 aromatic rings. The van der Waals surface area contributed by atoms with Gasteiger partial charge in [0.05, 0.1) is 11.0 Å². The highest BCUT2D eigenvalue weighted by Gasteiger charge is 2.35. The van der Waals surface area contributed by atoms with Crippen molar-refractivity contribution in [2.75, 3.05) is 0 Å².